The van der Waals surface area contributed by atoms with Gasteiger partial charge in [-0.05, 0) is 19.9 Å². The van der Waals surface area contributed by atoms with Gasteiger partial charge in [-0.3, -0.25) is 9.78 Å². The van der Waals surface area contributed by atoms with E-state index in [4.69, 9.17) is 11.6 Å². The van der Waals surface area contributed by atoms with Gasteiger partial charge in [-0.2, -0.15) is 0 Å². The van der Waals surface area contributed by atoms with Crippen molar-refractivity contribution in [2.24, 2.45) is 0 Å². The van der Waals surface area contributed by atoms with Crippen molar-refractivity contribution in [3.63, 3.8) is 0 Å². The Morgan fingerprint density at radius 2 is 2.33 bits per heavy atom. The van der Waals surface area contributed by atoms with E-state index in [0.29, 0.717) is 17.1 Å². The molecule has 0 saturated carbocycles. The number of carbonyl (C=O) groups excluding carboxylic acids is 1. The van der Waals surface area contributed by atoms with Gasteiger partial charge in [-0.1, -0.05) is 23.3 Å². The number of halogens is 1. The molecule has 1 rings (SSSR count). The minimum absolute atomic E-state index is 0.203. The van der Waals surface area contributed by atoms with Crippen molar-refractivity contribution in [3.05, 3.63) is 40.7 Å². The molecule has 0 bridgehead atoms. The molecular weight excluding hydrogens is 212 g/mol. The second-order valence-electron chi connectivity index (χ2n) is 3.35. The smallest absolute Gasteiger partial charge is 0.254 e. The van der Waals surface area contributed by atoms with E-state index in [1.807, 2.05) is 19.9 Å². The third-order valence-corrected chi connectivity index (χ3v) is 2.12. The molecule has 0 unspecified atom stereocenters. The van der Waals surface area contributed by atoms with Gasteiger partial charge in [0.2, 0.25) is 0 Å². The number of rotatable bonds is 3. The van der Waals surface area contributed by atoms with Gasteiger partial charge in [0.1, 0.15) is 0 Å². The molecule has 15 heavy (non-hydrogen) atoms. The Morgan fingerprint density at radius 1 is 1.60 bits per heavy atom. The van der Waals surface area contributed by atoms with E-state index < -0.39 is 0 Å². The number of allylic oxidation sites excluding steroid dienone is 1. The van der Waals surface area contributed by atoms with E-state index in [-0.39, 0.29) is 5.91 Å². The maximum absolute atomic E-state index is 11.6. The highest BCUT2D eigenvalue weighted by molar-refractivity contribution is 6.33. The van der Waals surface area contributed by atoms with Crippen molar-refractivity contribution < 1.29 is 4.79 Å². The van der Waals surface area contributed by atoms with E-state index in [2.05, 4.69) is 10.3 Å². The largest absolute Gasteiger partial charge is 0.348 e. The van der Waals surface area contributed by atoms with Crippen LogP contribution in [0, 0.1) is 0 Å². The van der Waals surface area contributed by atoms with Crippen LogP contribution in [0.1, 0.15) is 24.2 Å². The first-order valence-corrected chi connectivity index (χ1v) is 5.00. The molecule has 1 amide bonds. The van der Waals surface area contributed by atoms with Crippen LogP contribution in [-0.2, 0) is 0 Å². The summed E-state index contributed by atoms with van der Waals surface area (Å²) in [7, 11) is 0. The normalized spacial score (nSPS) is 9.53. The number of aromatic nitrogens is 1. The van der Waals surface area contributed by atoms with E-state index in [1.165, 1.54) is 6.20 Å². The lowest BCUT2D eigenvalue weighted by atomic mass is 10.2. The highest BCUT2D eigenvalue weighted by Gasteiger charge is 2.08. The first-order valence-electron chi connectivity index (χ1n) is 4.62. The molecule has 3 nitrogen and oxygen atoms in total. The Morgan fingerprint density at radius 3 is 2.93 bits per heavy atom. The summed E-state index contributed by atoms with van der Waals surface area (Å²) in [5.74, 6) is -0.203. The van der Waals surface area contributed by atoms with Crippen molar-refractivity contribution in [1.29, 1.82) is 0 Å². The minimum atomic E-state index is -0.203. The zero-order valence-corrected chi connectivity index (χ0v) is 9.51. The SMILES string of the molecule is CC(C)=CCNC(=O)c1cnccc1Cl. The molecule has 0 aliphatic carbocycles. The maximum atomic E-state index is 11.6. The number of carbonyl (C=O) groups is 1. The first-order chi connectivity index (χ1) is 7.11. The summed E-state index contributed by atoms with van der Waals surface area (Å²) in [6.45, 7) is 4.46. The molecule has 0 atom stereocenters. The third-order valence-electron chi connectivity index (χ3n) is 1.79. The molecule has 1 N–H and O–H groups in total. The second-order valence-corrected chi connectivity index (χ2v) is 3.75. The second kappa shape index (κ2) is 5.51. The standard InChI is InChI=1S/C11H13ClN2O/c1-8(2)3-6-14-11(15)9-7-13-5-4-10(9)12/h3-5,7H,6H2,1-2H3,(H,14,15). The summed E-state index contributed by atoms with van der Waals surface area (Å²) in [6, 6.07) is 1.59. The predicted molar refractivity (Wildman–Crippen MR) is 61.0 cm³/mol. The summed E-state index contributed by atoms with van der Waals surface area (Å²) >= 11 is 5.84. The zero-order chi connectivity index (χ0) is 11.3. The molecule has 0 aliphatic heterocycles. The van der Waals surface area contributed by atoms with Gasteiger partial charge in [0.05, 0.1) is 10.6 Å². The molecule has 1 aromatic rings. The van der Waals surface area contributed by atoms with E-state index >= 15 is 0 Å². The number of hydrogen-bond acceptors (Lipinski definition) is 2. The summed E-state index contributed by atoms with van der Waals surface area (Å²) in [4.78, 5) is 15.4. The number of amides is 1. The van der Waals surface area contributed by atoms with Gasteiger partial charge in [0.25, 0.3) is 5.91 Å². The minimum Gasteiger partial charge on any atom is -0.348 e. The molecule has 4 heteroatoms. The summed E-state index contributed by atoms with van der Waals surface area (Å²) < 4.78 is 0. The number of hydrogen-bond donors (Lipinski definition) is 1. The fourth-order valence-electron chi connectivity index (χ4n) is 0.988. The molecule has 1 heterocycles. The van der Waals surface area contributed by atoms with Crippen molar-refractivity contribution in [3.8, 4) is 0 Å². The zero-order valence-electron chi connectivity index (χ0n) is 8.75. The van der Waals surface area contributed by atoms with Crippen LogP contribution in [0.25, 0.3) is 0 Å². The molecule has 0 spiro atoms. The van der Waals surface area contributed by atoms with Crippen LogP contribution in [-0.4, -0.2) is 17.4 Å². The van der Waals surface area contributed by atoms with E-state index in [9.17, 15) is 4.79 Å². The monoisotopic (exact) mass is 224 g/mol. The highest BCUT2D eigenvalue weighted by Crippen LogP contribution is 2.12. The Labute approximate surface area is 94.2 Å². The van der Waals surface area contributed by atoms with Gasteiger partial charge >= 0.3 is 0 Å². The average molecular weight is 225 g/mol. The van der Waals surface area contributed by atoms with Gasteiger partial charge in [-0.25, -0.2) is 0 Å². The molecule has 80 valence electrons. The van der Waals surface area contributed by atoms with Crippen LogP contribution < -0.4 is 5.32 Å². The van der Waals surface area contributed by atoms with Crippen LogP contribution in [0.4, 0.5) is 0 Å². The van der Waals surface area contributed by atoms with Crippen molar-refractivity contribution in [2.45, 2.75) is 13.8 Å². The van der Waals surface area contributed by atoms with Crippen LogP contribution in [0.15, 0.2) is 30.1 Å². The highest BCUT2D eigenvalue weighted by atomic mass is 35.5. The lowest BCUT2D eigenvalue weighted by Gasteiger charge is -2.03. The Bertz CT molecular complexity index is 384. The van der Waals surface area contributed by atoms with Gasteiger partial charge in [0.15, 0.2) is 0 Å². The molecule has 0 aliphatic rings. The maximum Gasteiger partial charge on any atom is 0.254 e. The molecule has 0 saturated heterocycles. The lowest BCUT2D eigenvalue weighted by molar-refractivity contribution is 0.0958. The predicted octanol–water partition coefficient (Wildman–Crippen LogP) is 2.43. The van der Waals surface area contributed by atoms with Gasteiger partial charge in [-0.15, -0.1) is 0 Å². The number of pyridine rings is 1. The molecule has 1 aromatic heterocycles. The van der Waals surface area contributed by atoms with Gasteiger partial charge < -0.3 is 5.32 Å². The van der Waals surface area contributed by atoms with Crippen LogP contribution in [0.5, 0.6) is 0 Å². The Balaban J connectivity index is 2.62. The fourth-order valence-corrected chi connectivity index (χ4v) is 1.18. The number of nitrogens with one attached hydrogen (secondary N) is 1. The van der Waals surface area contributed by atoms with Crippen LogP contribution >= 0.6 is 11.6 Å². The summed E-state index contributed by atoms with van der Waals surface area (Å²) in [5, 5.41) is 3.15. The van der Waals surface area contributed by atoms with Crippen LogP contribution in [0.3, 0.4) is 0 Å². The third kappa shape index (κ3) is 3.72. The van der Waals surface area contributed by atoms with Crippen molar-refractivity contribution in [2.75, 3.05) is 6.54 Å². The first kappa shape index (κ1) is 11.7. The molecule has 0 fully saturated rings. The number of nitrogens with zero attached hydrogens (tertiary/aromatic N) is 1. The summed E-state index contributed by atoms with van der Waals surface area (Å²) in [5.41, 5.74) is 1.56. The van der Waals surface area contributed by atoms with Crippen LogP contribution in [0.2, 0.25) is 5.02 Å². The average Bonchev–Trinajstić information content (AvgIpc) is 2.17. The Hall–Kier alpha value is -1.35. The Kier molecular flexibility index (Phi) is 4.31. The quantitative estimate of drug-likeness (QED) is 0.802. The van der Waals surface area contributed by atoms with Crippen molar-refractivity contribution >= 4 is 17.5 Å². The van der Waals surface area contributed by atoms with Gasteiger partial charge in [0, 0.05) is 18.9 Å². The molecule has 0 radical (unpaired) electrons. The van der Waals surface area contributed by atoms with Crippen molar-refractivity contribution in [1.82, 2.24) is 10.3 Å². The summed E-state index contributed by atoms with van der Waals surface area (Å²) in [6.07, 6.45) is 4.94. The van der Waals surface area contributed by atoms with E-state index in [1.54, 1.807) is 12.3 Å². The molecule has 0 aromatic carbocycles. The van der Waals surface area contributed by atoms with E-state index in [0.717, 1.165) is 5.57 Å². The molecular formula is C11H13ClN2O. The fraction of sp³-hybridized carbons (Fsp3) is 0.273. The topological polar surface area (TPSA) is 42.0 Å². The lowest BCUT2D eigenvalue weighted by Crippen LogP contribution is -2.23.